The lowest BCUT2D eigenvalue weighted by molar-refractivity contribution is -0.0125. The fourth-order valence-electron chi connectivity index (χ4n) is 1.46. The Morgan fingerprint density at radius 1 is 1.29 bits per heavy atom. The van der Waals surface area contributed by atoms with E-state index >= 15 is 0 Å². The molecule has 3 heteroatoms. The molecule has 0 aliphatic rings. The molecule has 0 radical (unpaired) electrons. The molecule has 0 unspecified atom stereocenters. The van der Waals surface area contributed by atoms with Crippen molar-refractivity contribution in [1.29, 1.82) is 0 Å². The molecular weight excluding hydrogens is 214 g/mol. The second-order valence-electron chi connectivity index (χ2n) is 4.90. The monoisotopic (exact) mass is 237 g/mol. The van der Waals surface area contributed by atoms with Gasteiger partial charge in [0.2, 0.25) is 0 Å². The van der Waals surface area contributed by atoms with Crippen LogP contribution in [0.1, 0.15) is 31.4 Å². The number of anilines is 1. The Bertz CT molecular complexity index is 361. The van der Waals surface area contributed by atoms with Gasteiger partial charge in [0.25, 0.3) is 0 Å². The van der Waals surface area contributed by atoms with Gasteiger partial charge in [0.05, 0.1) is 12.2 Å². The minimum atomic E-state index is -0.120. The summed E-state index contributed by atoms with van der Waals surface area (Å²) in [7, 11) is 1.72. The molecule has 1 aromatic rings. The van der Waals surface area contributed by atoms with Crippen LogP contribution in [0, 0.1) is 6.92 Å². The van der Waals surface area contributed by atoms with Crippen LogP contribution >= 0.6 is 0 Å². The number of rotatable bonds is 6. The van der Waals surface area contributed by atoms with Gasteiger partial charge in [0.15, 0.2) is 0 Å². The molecule has 1 rings (SSSR count). The molecule has 0 saturated carbocycles. The third-order valence-electron chi connectivity index (χ3n) is 3.15. The van der Waals surface area contributed by atoms with Gasteiger partial charge in [-0.25, -0.2) is 0 Å². The van der Waals surface area contributed by atoms with Crippen LogP contribution in [0.5, 0.6) is 0 Å². The summed E-state index contributed by atoms with van der Waals surface area (Å²) in [5.74, 6) is 0. The minimum absolute atomic E-state index is 0.120. The van der Waals surface area contributed by atoms with E-state index in [0.29, 0.717) is 13.2 Å². The molecule has 0 spiro atoms. The Labute approximate surface area is 104 Å². The zero-order valence-electron chi connectivity index (χ0n) is 11.2. The second kappa shape index (κ2) is 6.03. The van der Waals surface area contributed by atoms with Gasteiger partial charge in [-0.3, -0.25) is 0 Å². The van der Waals surface area contributed by atoms with Crippen LogP contribution in [0.15, 0.2) is 18.2 Å². The van der Waals surface area contributed by atoms with E-state index in [2.05, 4.69) is 13.8 Å². The Morgan fingerprint density at radius 3 is 2.65 bits per heavy atom. The summed E-state index contributed by atoms with van der Waals surface area (Å²) in [6, 6.07) is 5.92. The van der Waals surface area contributed by atoms with Crippen LogP contribution in [0.3, 0.4) is 0 Å². The van der Waals surface area contributed by atoms with Crippen LogP contribution in [-0.4, -0.2) is 19.3 Å². The first-order chi connectivity index (χ1) is 7.96. The van der Waals surface area contributed by atoms with E-state index in [4.69, 9.17) is 15.2 Å². The summed E-state index contributed by atoms with van der Waals surface area (Å²) in [5, 5.41) is 0. The number of hydrogen-bond acceptors (Lipinski definition) is 3. The van der Waals surface area contributed by atoms with Gasteiger partial charge in [-0.05, 0) is 44.4 Å². The molecule has 2 N–H and O–H groups in total. The number of ether oxygens (including phenoxy) is 2. The first-order valence-electron chi connectivity index (χ1n) is 5.93. The standard InChI is InChI=1S/C14H23NO2/c1-11-12(6-5-7-13(11)15)10-17-9-8-14(2,3)16-4/h5-7H,8-10,15H2,1-4H3. The molecule has 1 aromatic carbocycles. The van der Waals surface area contributed by atoms with E-state index in [1.54, 1.807) is 7.11 Å². The quantitative estimate of drug-likeness (QED) is 0.611. The topological polar surface area (TPSA) is 44.5 Å². The van der Waals surface area contributed by atoms with Crippen molar-refractivity contribution in [3.63, 3.8) is 0 Å². The first-order valence-corrected chi connectivity index (χ1v) is 5.93. The lowest BCUT2D eigenvalue weighted by Crippen LogP contribution is -2.24. The van der Waals surface area contributed by atoms with Gasteiger partial charge >= 0.3 is 0 Å². The molecule has 0 aromatic heterocycles. The van der Waals surface area contributed by atoms with E-state index < -0.39 is 0 Å². The molecule has 0 bridgehead atoms. The molecule has 17 heavy (non-hydrogen) atoms. The van der Waals surface area contributed by atoms with Crippen molar-refractivity contribution in [1.82, 2.24) is 0 Å². The maximum atomic E-state index is 5.84. The van der Waals surface area contributed by atoms with E-state index in [1.807, 2.05) is 25.1 Å². The summed E-state index contributed by atoms with van der Waals surface area (Å²) >= 11 is 0. The van der Waals surface area contributed by atoms with Gasteiger partial charge in [-0.15, -0.1) is 0 Å². The van der Waals surface area contributed by atoms with Crippen molar-refractivity contribution in [3.05, 3.63) is 29.3 Å². The second-order valence-corrected chi connectivity index (χ2v) is 4.90. The lowest BCUT2D eigenvalue weighted by atomic mass is 10.1. The van der Waals surface area contributed by atoms with Crippen LogP contribution < -0.4 is 5.73 Å². The zero-order chi connectivity index (χ0) is 12.9. The lowest BCUT2D eigenvalue weighted by Gasteiger charge is -2.22. The summed E-state index contributed by atoms with van der Waals surface area (Å²) in [6.07, 6.45) is 0.880. The largest absolute Gasteiger partial charge is 0.399 e. The predicted molar refractivity (Wildman–Crippen MR) is 71.0 cm³/mol. The van der Waals surface area contributed by atoms with Gasteiger partial charge < -0.3 is 15.2 Å². The van der Waals surface area contributed by atoms with Crippen molar-refractivity contribution in [3.8, 4) is 0 Å². The van der Waals surface area contributed by atoms with Gasteiger partial charge in [0, 0.05) is 19.4 Å². The predicted octanol–water partition coefficient (Wildman–Crippen LogP) is 2.91. The first kappa shape index (κ1) is 14.0. The van der Waals surface area contributed by atoms with Crippen LogP contribution in [0.25, 0.3) is 0 Å². The molecule has 96 valence electrons. The molecule has 0 saturated heterocycles. The highest BCUT2D eigenvalue weighted by atomic mass is 16.5. The van der Waals surface area contributed by atoms with Crippen molar-refractivity contribution in [2.75, 3.05) is 19.5 Å². The molecule has 0 aliphatic heterocycles. The van der Waals surface area contributed by atoms with Gasteiger partial charge in [-0.1, -0.05) is 12.1 Å². The van der Waals surface area contributed by atoms with Gasteiger partial charge in [-0.2, -0.15) is 0 Å². The van der Waals surface area contributed by atoms with Crippen molar-refractivity contribution >= 4 is 5.69 Å². The van der Waals surface area contributed by atoms with Gasteiger partial charge in [0.1, 0.15) is 0 Å². The Morgan fingerprint density at radius 2 is 2.00 bits per heavy atom. The molecule has 3 nitrogen and oxygen atoms in total. The average Bonchev–Trinajstić information content (AvgIpc) is 2.30. The zero-order valence-corrected chi connectivity index (χ0v) is 11.2. The molecular formula is C14H23NO2. The van der Waals surface area contributed by atoms with E-state index in [9.17, 15) is 0 Å². The van der Waals surface area contributed by atoms with Crippen molar-refractivity contribution in [2.45, 2.75) is 39.4 Å². The maximum Gasteiger partial charge on any atom is 0.0720 e. The number of nitrogen functional groups attached to an aromatic ring is 1. The van der Waals surface area contributed by atoms with E-state index in [-0.39, 0.29) is 5.60 Å². The average molecular weight is 237 g/mol. The highest BCUT2D eigenvalue weighted by Crippen LogP contribution is 2.17. The highest BCUT2D eigenvalue weighted by Gasteiger charge is 2.15. The summed E-state index contributed by atoms with van der Waals surface area (Å²) in [4.78, 5) is 0. The van der Waals surface area contributed by atoms with Crippen LogP contribution in [0.4, 0.5) is 5.69 Å². The van der Waals surface area contributed by atoms with E-state index in [0.717, 1.165) is 23.2 Å². The highest BCUT2D eigenvalue weighted by molar-refractivity contribution is 5.49. The Kier molecular flexibility index (Phi) is 4.97. The summed E-state index contributed by atoms with van der Waals surface area (Å²) in [6.45, 7) is 7.43. The number of nitrogens with two attached hydrogens (primary N) is 1. The molecule has 0 heterocycles. The molecule has 0 fully saturated rings. The minimum Gasteiger partial charge on any atom is -0.399 e. The maximum absolute atomic E-state index is 5.84. The van der Waals surface area contributed by atoms with Crippen molar-refractivity contribution < 1.29 is 9.47 Å². The van der Waals surface area contributed by atoms with Crippen molar-refractivity contribution in [2.24, 2.45) is 0 Å². The van der Waals surface area contributed by atoms with E-state index in [1.165, 1.54) is 0 Å². The smallest absolute Gasteiger partial charge is 0.0720 e. The molecule has 0 atom stereocenters. The fraction of sp³-hybridized carbons (Fsp3) is 0.571. The number of methoxy groups -OCH3 is 1. The normalized spacial score (nSPS) is 11.8. The number of hydrogen-bond donors (Lipinski definition) is 1. The third-order valence-corrected chi connectivity index (χ3v) is 3.15. The SMILES string of the molecule is COC(C)(C)CCOCc1cccc(N)c1C. The van der Waals surface area contributed by atoms with Crippen LogP contribution in [0.2, 0.25) is 0 Å². The molecule has 0 aliphatic carbocycles. The Hall–Kier alpha value is -1.06. The third kappa shape index (κ3) is 4.36. The fourth-order valence-corrected chi connectivity index (χ4v) is 1.46. The Balaban J connectivity index is 2.39. The summed E-state index contributed by atoms with van der Waals surface area (Å²) < 4.78 is 11.0. The number of benzene rings is 1. The molecule has 0 amide bonds. The van der Waals surface area contributed by atoms with Crippen LogP contribution in [-0.2, 0) is 16.1 Å². The summed E-state index contributed by atoms with van der Waals surface area (Å²) in [5.41, 5.74) is 8.81.